The summed E-state index contributed by atoms with van der Waals surface area (Å²) in [4.78, 5) is 4.66. The van der Waals surface area contributed by atoms with Crippen LogP contribution < -0.4 is 10.5 Å². The topological polar surface area (TPSA) is 71.9 Å². The van der Waals surface area contributed by atoms with Crippen molar-refractivity contribution in [1.82, 2.24) is 4.98 Å². The summed E-state index contributed by atoms with van der Waals surface area (Å²) in [7, 11) is 1.64. The van der Waals surface area contributed by atoms with E-state index in [-0.39, 0.29) is 0 Å². The number of rotatable bonds is 5. The maximum Gasteiger partial charge on any atom is 0.216 e. The van der Waals surface area contributed by atoms with Crippen molar-refractivity contribution in [3.63, 3.8) is 0 Å². The Balaban J connectivity index is 2.06. The number of benzene rings is 2. The van der Waals surface area contributed by atoms with E-state index in [0.717, 1.165) is 45.3 Å². The number of ether oxygens (including phenoxy) is 1. The fourth-order valence-electron chi connectivity index (χ4n) is 3.58. The van der Waals surface area contributed by atoms with Gasteiger partial charge in [0.15, 0.2) is 0 Å². The van der Waals surface area contributed by atoms with Crippen molar-refractivity contribution in [2.24, 2.45) is 0 Å². The smallest absolute Gasteiger partial charge is 0.216 e. The van der Waals surface area contributed by atoms with E-state index in [1.807, 2.05) is 44.2 Å². The first-order valence-electron chi connectivity index (χ1n) is 9.14. The molecule has 0 aliphatic rings. The molecule has 3 aromatic rings. The highest BCUT2D eigenvalue weighted by atomic mass is 16.5. The van der Waals surface area contributed by atoms with Gasteiger partial charge in [-0.2, -0.15) is 5.26 Å². The van der Waals surface area contributed by atoms with Gasteiger partial charge in [-0.05, 0) is 67.6 Å². The minimum Gasteiger partial charge on any atom is -0.481 e. The van der Waals surface area contributed by atoms with E-state index >= 15 is 0 Å². The predicted molar refractivity (Wildman–Crippen MR) is 110 cm³/mol. The summed E-state index contributed by atoms with van der Waals surface area (Å²) >= 11 is 0. The molecule has 2 aromatic carbocycles. The largest absolute Gasteiger partial charge is 0.481 e. The third kappa shape index (κ3) is 3.73. The van der Waals surface area contributed by atoms with Crippen LogP contribution in [0.5, 0.6) is 5.88 Å². The SMILES string of the molecule is CCc1cc2ccc(C(C)(C#N)Cc3cc(C)cc(N)c3)cc2nc1OC. The van der Waals surface area contributed by atoms with Gasteiger partial charge in [0.25, 0.3) is 0 Å². The molecule has 0 aliphatic carbocycles. The molecule has 0 saturated carbocycles. The van der Waals surface area contributed by atoms with E-state index in [2.05, 4.69) is 30.1 Å². The second-order valence-electron chi connectivity index (χ2n) is 7.29. The quantitative estimate of drug-likeness (QED) is 0.669. The van der Waals surface area contributed by atoms with Crippen LogP contribution in [0.3, 0.4) is 0 Å². The highest BCUT2D eigenvalue weighted by Gasteiger charge is 2.27. The number of nitriles is 1. The van der Waals surface area contributed by atoms with Crippen LogP contribution in [0.2, 0.25) is 0 Å². The van der Waals surface area contributed by atoms with Gasteiger partial charge in [0, 0.05) is 16.6 Å². The van der Waals surface area contributed by atoms with E-state index < -0.39 is 5.41 Å². The third-order valence-corrected chi connectivity index (χ3v) is 5.03. The number of nitrogens with two attached hydrogens (primary N) is 1. The Morgan fingerprint density at radius 2 is 1.96 bits per heavy atom. The zero-order valence-corrected chi connectivity index (χ0v) is 16.3. The number of pyridine rings is 1. The fourth-order valence-corrected chi connectivity index (χ4v) is 3.58. The monoisotopic (exact) mass is 359 g/mol. The number of fused-ring (bicyclic) bond motifs is 1. The number of nitrogens with zero attached hydrogens (tertiary/aromatic N) is 2. The minimum atomic E-state index is -0.674. The minimum absolute atomic E-state index is 0.588. The van der Waals surface area contributed by atoms with Gasteiger partial charge in [0.1, 0.15) is 0 Å². The van der Waals surface area contributed by atoms with Gasteiger partial charge in [-0.1, -0.05) is 25.1 Å². The van der Waals surface area contributed by atoms with Gasteiger partial charge in [-0.25, -0.2) is 4.98 Å². The molecule has 1 aromatic heterocycles. The lowest BCUT2D eigenvalue weighted by Gasteiger charge is -2.23. The number of aromatic nitrogens is 1. The zero-order valence-electron chi connectivity index (χ0n) is 16.3. The van der Waals surface area contributed by atoms with E-state index in [1.165, 1.54) is 0 Å². The second-order valence-corrected chi connectivity index (χ2v) is 7.29. The first-order valence-corrected chi connectivity index (χ1v) is 9.14. The second kappa shape index (κ2) is 7.28. The van der Waals surface area contributed by atoms with Crippen LogP contribution in [0.15, 0.2) is 42.5 Å². The van der Waals surface area contributed by atoms with Crippen LogP contribution in [-0.4, -0.2) is 12.1 Å². The van der Waals surface area contributed by atoms with Gasteiger partial charge in [-0.3, -0.25) is 0 Å². The lowest BCUT2D eigenvalue weighted by atomic mass is 9.78. The molecule has 1 unspecified atom stereocenters. The Hall–Kier alpha value is -3.06. The van der Waals surface area contributed by atoms with Crippen LogP contribution in [0, 0.1) is 18.3 Å². The molecular formula is C23H25N3O. The molecule has 1 heterocycles. The summed E-state index contributed by atoms with van der Waals surface area (Å²) in [5.74, 6) is 0.646. The number of nitrogen functional groups attached to an aromatic ring is 1. The molecule has 4 heteroatoms. The van der Waals surface area contributed by atoms with Crippen LogP contribution in [0.1, 0.15) is 36.1 Å². The van der Waals surface area contributed by atoms with Crippen molar-refractivity contribution in [1.29, 1.82) is 5.26 Å². The van der Waals surface area contributed by atoms with Crippen LogP contribution in [0.4, 0.5) is 5.69 Å². The summed E-state index contributed by atoms with van der Waals surface area (Å²) < 4.78 is 5.43. The first-order chi connectivity index (χ1) is 12.9. The van der Waals surface area contributed by atoms with Crippen molar-refractivity contribution >= 4 is 16.6 Å². The summed E-state index contributed by atoms with van der Waals surface area (Å²) in [6.07, 6.45) is 1.45. The number of methoxy groups -OCH3 is 1. The van der Waals surface area contributed by atoms with Crippen molar-refractivity contribution in [3.05, 3.63) is 64.7 Å². The van der Waals surface area contributed by atoms with Crippen molar-refractivity contribution < 1.29 is 4.74 Å². The Bertz CT molecular complexity index is 1020. The molecule has 0 spiro atoms. The third-order valence-electron chi connectivity index (χ3n) is 5.03. The Morgan fingerprint density at radius 1 is 1.19 bits per heavy atom. The van der Waals surface area contributed by atoms with E-state index in [9.17, 15) is 5.26 Å². The molecule has 0 saturated heterocycles. The zero-order chi connectivity index (χ0) is 19.6. The molecule has 1 atom stereocenters. The summed E-state index contributed by atoms with van der Waals surface area (Å²) in [5, 5.41) is 11.0. The molecule has 0 bridgehead atoms. The lowest BCUT2D eigenvalue weighted by Crippen LogP contribution is -2.23. The molecule has 4 nitrogen and oxygen atoms in total. The van der Waals surface area contributed by atoms with Crippen LogP contribution >= 0.6 is 0 Å². The van der Waals surface area contributed by atoms with Crippen molar-refractivity contribution in [3.8, 4) is 11.9 Å². The van der Waals surface area contributed by atoms with Gasteiger partial charge >= 0.3 is 0 Å². The van der Waals surface area contributed by atoms with E-state index in [1.54, 1.807) is 7.11 Å². The van der Waals surface area contributed by atoms with Gasteiger partial charge < -0.3 is 10.5 Å². The summed E-state index contributed by atoms with van der Waals surface area (Å²) in [5.41, 5.74) is 11.1. The standard InChI is InChI=1S/C23H25N3O/c1-5-17-11-18-6-7-19(12-21(18)26-22(17)27-4)23(3,14-24)13-16-8-15(2)9-20(25)10-16/h6-12H,5,13,25H2,1-4H3. The van der Waals surface area contributed by atoms with Gasteiger partial charge in [0.05, 0.1) is 24.1 Å². The van der Waals surface area contributed by atoms with Crippen LogP contribution in [-0.2, 0) is 18.3 Å². The van der Waals surface area contributed by atoms with E-state index in [0.29, 0.717) is 12.3 Å². The maximum atomic E-state index is 9.97. The van der Waals surface area contributed by atoms with Crippen LogP contribution in [0.25, 0.3) is 10.9 Å². The number of hydrogen-bond acceptors (Lipinski definition) is 4. The Morgan fingerprint density at radius 3 is 2.59 bits per heavy atom. The number of aryl methyl sites for hydroxylation is 2. The maximum absolute atomic E-state index is 9.97. The van der Waals surface area contributed by atoms with Crippen molar-refractivity contribution in [2.45, 2.75) is 39.0 Å². The molecule has 0 fully saturated rings. The Labute approximate surface area is 160 Å². The van der Waals surface area contributed by atoms with Gasteiger partial charge in [0.2, 0.25) is 5.88 Å². The molecule has 3 rings (SSSR count). The first kappa shape index (κ1) is 18.7. The highest BCUT2D eigenvalue weighted by molar-refractivity contribution is 5.81. The predicted octanol–water partition coefficient (Wildman–Crippen LogP) is 4.72. The number of hydrogen-bond donors (Lipinski definition) is 1. The average Bonchev–Trinajstić information content (AvgIpc) is 2.65. The normalized spacial score (nSPS) is 13.1. The molecule has 0 amide bonds. The van der Waals surface area contributed by atoms with E-state index in [4.69, 9.17) is 10.5 Å². The summed E-state index contributed by atoms with van der Waals surface area (Å²) in [6, 6.07) is 16.6. The lowest BCUT2D eigenvalue weighted by molar-refractivity contribution is 0.395. The molecule has 2 N–H and O–H groups in total. The van der Waals surface area contributed by atoms with Crippen molar-refractivity contribution in [2.75, 3.05) is 12.8 Å². The molecule has 138 valence electrons. The highest BCUT2D eigenvalue weighted by Crippen LogP contribution is 2.32. The average molecular weight is 359 g/mol. The molecular weight excluding hydrogens is 334 g/mol. The molecule has 27 heavy (non-hydrogen) atoms. The van der Waals surface area contributed by atoms with Gasteiger partial charge in [-0.15, -0.1) is 0 Å². The molecule has 0 aliphatic heterocycles. The number of anilines is 1. The fraction of sp³-hybridized carbons (Fsp3) is 0.304. The molecule has 0 radical (unpaired) electrons. The summed E-state index contributed by atoms with van der Waals surface area (Å²) in [6.45, 7) is 6.06. The Kier molecular flexibility index (Phi) is 5.05.